The predicted octanol–water partition coefficient (Wildman–Crippen LogP) is 2.08. The van der Waals surface area contributed by atoms with Crippen molar-refractivity contribution in [2.24, 2.45) is 0 Å². The van der Waals surface area contributed by atoms with Crippen molar-refractivity contribution in [3.05, 3.63) is 52.5 Å². The van der Waals surface area contributed by atoms with Crippen LogP contribution in [0.4, 0.5) is 5.69 Å². The molecule has 7 heteroatoms. The Morgan fingerprint density at radius 2 is 1.88 bits per heavy atom. The lowest BCUT2D eigenvalue weighted by molar-refractivity contribution is 0.0910. The summed E-state index contributed by atoms with van der Waals surface area (Å²) in [4.78, 5) is 24.5. The van der Waals surface area contributed by atoms with Crippen LogP contribution in [-0.2, 0) is 6.42 Å². The number of methoxy groups -OCH3 is 2. The molecule has 0 aliphatic heterocycles. The molecule has 24 heavy (non-hydrogen) atoms. The first-order chi connectivity index (χ1) is 11.5. The second-order valence-corrected chi connectivity index (χ2v) is 5.19. The largest absolute Gasteiger partial charge is 0.493 e. The van der Waals surface area contributed by atoms with Crippen molar-refractivity contribution >= 4 is 22.7 Å². The van der Waals surface area contributed by atoms with Crippen LogP contribution in [0.2, 0.25) is 0 Å². The molecule has 3 aromatic rings. The van der Waals surface area contributed by atoms with Crippen molar-refractivity contribution in [1.29, 1.82) is 0 Å². The van der Waals surface area contributed by atoms with Crippen LogP contribution in [0, 0.1) is 0 Å². The van der Waals surface area contributed by atoms with E-state index in [4.69, 9.17) is 19.6 Å². The van der Waals surface area contributed by atoms with Gasteiger partial charge >= 0.3 is 5.76 Å². The third-order valence-electron chi connectivity index (χ3n) is 3.66. The number of aromatic nitrogens is 1. The molecule has 0 aliphatic rings. The van der Waals surface area contributed by atoms with Crippen molar-refractivity contribution in [1.82, 2.24) is 4.57 Å². The Hall–Kier alpha value is -3.22. The number of carbonyl (C=O) groups is 1. The molecule has 0 amide bonds. The average Bonchev–Trinajstić information content (AvgIpc) is 2.89. The second-order valence-electron chi connectivity index (χ2n) is 5.19. The number of fused-ring (bicyclic) bond motifs is 1. The number of rotatable bonds is 4. The number of hydrogen-bond acceptors (Lipinski definition) is 6. The summed E-state index contributed by atoms with van der Waals surface area (Å²) in [5.41, 5.74) is 7.47. The van der Waals surface area contributed by atoms with Gasteiger partial charge in [-0.2, -0.15) is 0 Å². The lowest BCUT2D eigenvalue weighted by Crippen LogP contribution is -2.24. The quantitative estimate of drug-likeness (QED) is 0.737. The number of nitrogen functional groups attached to an aromatic ring is 1. The average molecular weight is 328 g/mol. The number of benzene rings is 2. The zero-order valence-electron chi connectivity index (χ0n) is 13.2. The molecule has 1 aromatic heterocycles. The fourth-order valence-electron chi connectivity index (χ4n) is 2.52. The van der Waals surface area contributed by atoms with Gasteiger partial charge < -0.3 is 19.6 Å². The Labute approximate surface area is 137 Å². The minimum atomic E-state index is -0.735. The van der Waals surface area contributed by atoms with Gasteiger partial charge in [0.2, 0.25) is 5.91 Å². The summed E-state index contributed by atoms with van der Waals surface area (Å²) in [7, 11) is 3.05. The number of nitrogens with zero attached hydrogens (tertiary/aromatic N) is 1. The monoisotopic (exact) mass is 328 g/mol. The zero-order chi connectivity index (χ0) is 17.3. The Morgan fingerprint density at radius 3 is 2.58 bits per heavy atom. The molecule has 0 radical (unpaired) electrons. The molecule has 0 saturated heterocycles. The van der Waals surface area contributed by atoms with E-state index >= 15 is 0 Å². The minimum Gasteiger partial charge on any atom is -0.493 e. The van der Waals surface area contributed by atoms with Crippen LogP contribution < -0.4 is 21.0 Å². The summed E-state index contributed by atoms with van der Waals surface area (Å²) >= 11 is 0. The van der Waals surface area contributed by atoms with E-state index in [2.05, 4.69) is 0 Å². The third kappa shape index (κ3) is 2.71. The number of nitrogens with two attached hydrogens (primary N) is 1. The topological polar surface area (TPSA) is 96.7 Å². The highest BCUT2D eigenvalue weighted by atomic mass is 16.5. The van der Waals surface area contributed by atoms with Gasteiger partial charge in [-0.3, -0.25) is 4.79 Å². The molecular weight excluding hydrogens is 312 g/mol. The molecule has 3 rings (SSSR count). The van der Waals surface area contributed by atoms with Crippen LogP contribution >= 0.6 is 0 Å². The number of carbonyl (C=O) groups excluding carboxylic acids is 1. The van der Waals surface area contributed by atoms with E-state index < -0.39 is 11.7 Å². The van der Waals surface area contributed by atoms with Crippen molar-refractivity contribution < 1.29 is 18.7 Å². The maximum atomic E-state index is 12.5. The molecule has 0 fully saturated rings. The van der Waals surface area contributed by atoms with E-state index in [1.165, 1.54) is 20.3 Å². The molecule has 0 aliphatic carbocycles. The van der Waals surface area contributed by atoms with Gasteiger partial charge in [0, 0.05) is 11.8 Å². The first kappa shape index (κ1) is 15.7. The Bertz CT molecular complexity index is 971. The normalized spacial score (nSPS) is 10.8. The van der Waals surface area contributed by atoms with Gasteiger partial charge in [0.15, 0.2) is 17.1 Å². The number of ether oxygens (including phenoxy) is 2. The van der Waals surface area contributed by atoms with Gasteiger partial charge in [-0.1, -0.05) is 6.07 Å². The maximum absolute atomic E-state index is 12.5. The number of oxazole rings is 1. The van der Waals surface area contributed by atoms with E-state index in [9.17, 15) is 9.59 Å². The van der Waals surface area contributed by atoms with E-state index in [1.54, 1.807) is 30.3 Å². The number of hydrogen-bond donors (Lipinski definition) is 1. The van der Waals surface area contributed by atoms with Crippen LogP contribution in [0.15, 0.2) is 45.6 Å². The van der Waals surface area contributed by atoms with E-state index in [0.717, 1.165) is 4.57 Å². The fourth-order valence-corrected chi connectivity index (χ4v) is 2.52. The summed E-state index contributed by atoms with van der Waals surface area (Å²) in [5, 5.41) is 0. The molecule has 1 heterocycles. The lowest BCUT2D eigenvalue weighted by Gasteiger charge is -2.09. The van der Waals surface area contributed by atoms with Crippen molar-refractivity contribution in [3.8, 4) is 11.5 Å². The Morgan fingerprint density at radius 1 is 1.12 bits per heavy atom. The van der Waals surface area contributed by atoms with Gasteiger partial charge in [-0.15, -0.1) is 0 Å². The molecule has 0 saturated carbocycles. The fraction of sp³-hybridized carbons (Fsp3) is 0.176. The third-order valence-corrected chi connectivity index (χ3v) is 3.66. The summed E-state index contributed by atoms with van der Waals surface area (Å²) < 4.78 is 16.5. The van der Waals surface area contributed by atoms with Crippen LogP contribution in [0.3, 0.4) is 0 Å². The van der Waals surface area contributed by atoms with Gasteiger partial charge in [-0.25, -0.2) is 9.36 Å². The molecule has 124 valence electrons. The van der Waals surface area contributed by atoms with Gasteiger partial charge in [0.1, 0.15) is 0 Å². The summed E-state index contributed by atoms with van der Waals surface area (Å²) in [5.74, 6) is -0.0631. The van der Waals surface area contributed by atoms with Gasteiger partial charge in [0.05, 0.1) is 26.2 Å². The molecule has 0 bridgehead atoms. The summed E-state index contributed by atoms with van der Waals surface area (Å²) in [6.07, 6.45) is 0.0132. The van der Waals surface area contributed by atoms with E-state index in [-0.39, 0.29) is 12.0 Å². The lowest BCUT2D eigenvalue weighted by atomic mass is 10.1. The molecule has 0 unspecified atom stereocenters. The highest BCUT2D eigenvalue weighted by Crippen LogP contribution is 2.28. The molecular formula is C17H16N2O5. The highest BCUT2D eigenvalue weighted by Gasteiger charge is 2.17. The summed E-state index contributed by atoms with van der Waals surface area (Å²) in [6.45, 7) is 0. The zero-order valence-corrected chi connectivity index (χ0v) is 13.2. The number of anilines is 1. The molecule has 0 atom stereocenters. The second kappa shape index (κ2) is 6.11. The van der Waals surface area contributed by atoms with Crippen LogP contribution in [-0.4, -0.2) is 24.7 Å². The predicted molar refractivity (Wildman–Crippen MR) is 88.8 cm³/mol. The van der Waals surface area contributed by atoms with E-state index in [0.29, 0.717) is 28.3 Å². The van der Waals surface area contributed by atoms with Crippen molar-refractivity contribution in [2.45, 2.75) is 6.42 Å². The Kier molecular flexibility index (Phi) is 3.99. The maximum Gasteiger partial charge on any atom is 0.426 e. The smallest absolute Gasteiger partial charge is 0.426 e. The Balaban J connectivity index is 1.96. The molecule has 2 aromatic carbocycles. The SMILES string of the molecule is COc1ccc(CC(=O)n2c(=O)oc3cc(N)ccc32)cc1OC. The van der Waals surface area contributed by atoms with Crippen molar-refractivity contribution in [3.63, 3.8) is 0 Å². The minimum absolute atomic E-state index is 0.0132. The molecule has 0 spiro atoms. The molecule has 2 N–H and O–H groups in total. The summed E-state index contributed by atoms with van der Waals surface area (Å²) in [6, 6.07) is 9.85. The van der Waals surface area contributed by atoms with Crippen LogP contribution in [0.5, 0.6) is 11.5 Å². The van der Waals surface area contributed by atoms with Gasteiger partial charge in [-0.05, 0) is 29.8 Å². The first-order valence-corrected chi connectivity index (χ1v) is 7.18. The van der Waals surface area contributed by atoms with E-state index in [1.807, 2.05) is 0 Å². The molecule has 7 nitrogen and oxygen atoms in total. The standard InChI is InChI=1S/C17H16N2O5/c1-22-13-6-3-10(7-15(13)23-2)8-16(20)19-12-5-4-11(18)9-14(12)24-17(19)21/h3-7,9H,8,18H2,1-2H3. The first-order valence-electron chi connectivity index (χ1n) is 7.18. The van der Waals surface area contributed by atoms with Crippen LogP contribution in [0.25, 0.3) is 11.1 Å². The highest BCUT2D eigenvalue weighted by molar-refractivity contribution is 5.91. The van der Waals surface area contributed by atoms with Crippen LogP contribution in [0.1, 0.15) is 10.4 Å². The van der Waals surface area contributed by atoms with Crippen molar-refractivity contribution in [2.75, 3.05) is 20.0 Å². The van der Waals surface area contributed by atoms with Gasteiger partial charge in [0.25, 0.3) is 0 Å².